The molecule has 0 aliphatic rings. The highest BCUT2D eigenvalue weighted by Crippen LogP contribution is 2.14. The molecule has 0 saturated carbocycles. The van der Waals surface area contributed by atoms with Crippen molar-refractivity contribution in [2.45, 2.75) is 59.0 Å². The Hall–Kier alpha value is -1.68. The first-order valence-electron chi connectivity index (χ1n) is 8.55. The summed E-state index contributed by atoms with van der Waals surface area (Å²) in [6.07, 6.45) is 4.32. The lowest BCUT2D eigenvalue weighted by atomic mass is 10.1. The summed E-state index contributed by atoms with van der Waals surface area (Å²) in [7, 11) is 0. The number of fused-ring (bicyclic) bond motifs is 1. The summed E-state index contributed by atoms with van der Waals surface area (Å²) in [5, 5.41) is 3.06. The van der Waals surface area contributed by atoms with Crippen LogP contribution in [0.1, 0.15) is 58.3 Å². The van der Waals surface area contributed by atoms with Crippen molar-refractivity contribution in [1.29, 1.82) is 0 Å². The number of nitrogens with zero attached hydrogens (tertiary/aromatic N) is 2. The van der Waals surface area contributed by atoms with Crippen molar-refractivity contribution < 1.29 is 5.32 Å². The first-order valence-corrected chi connectivity index (χ1v) is 8.55. The van der Waals surface area contributed by atoms with Gasteiger partial charge in [0.05, 0.1) is 17.4 Å². The molecule has 120 valence electrons. The monoisotopic (exact) mass is 302 g/mol. The third-order valence-electron chi connectivity index (χ3n) is 4.12. The van der Waals surface area contributed by atoms with Crippen molar-refractivity contribution in [2.24, 2.45) is 0 Å². The average molecular weight is 302 g/mol. The molecule has 0 bridgehead atoms. The van der Waals surface area contributed by atoms with Crippen molar-refractivity contribution >= 4 is 10.9 Å². The highest BCUT2D eigenvalue weighted by atomic mass is 16.1. The van der Waals surface area contributed by atoms with Crippen LogP contribution in [0.5, 0.6) is 0 Å². The Balaban J connectivity index is 2.49. The summed E-state index contributed by atoms with van der Waals surface area (Å²) >= 11 is 0. The molecule has 0 amide bonds. The Morgan fingerprint density at radius 1 is 1.18 bits per heavy atom. The van der Waals surface area contributed by atoms with Crippen LogP contribution in [-0.2, 0) is 6.54 Å². The smallest absolute Gasteiger partial charge is 0.261 e. The largest absolute Gasteiger partial charge is 0.338 e. The molecule has 0 fully saturated rings. The van der Waals surface area contributed by atoms with Gasteiger partial charge in [-0.3, -0.25) is 9.36 Å². The molecule has 0 unspecified atom stereocenters. The van der Waals surface area contributed by atoms with Gasteiger partial charge in [-0.2, -0.15) is 0 Å². The van der Waals surface area contributed by atoms with E-state index in [1.165, 1.54) is 12.8 Å². The lowest BCUT2D eigenvalue weighted by Crippen LogP contribution is -2.85. The highest BCUT2D eigenvalue weighted by molar-refractivity contribution is 5.77. The van der Waals surface area contributed by atoms with E-state index in [1.807, 2.05) is 28.8 Å². The molecular weight excluding hydrogens is 274 g/mol. The standard InChI is InChI=1S/C18H27N3O/c1-4-7-12-19-15(6-3)17-20-16-11-9-8-10-14(16)18(22)21(17)13-5-2/h8-11,15,19H,4-7,12-13H2,1-3H3/p+1/t15-/m0/s1. The van der Waals surface area contributed by atoms with Gasteiger partial charge in [0.1, 0.15) is 6.04 Å². The molecule has 2 N–H and O–H groups in total. The molecule has 1 atom stereocenters. The Labute approximate surface area is 132 Å². The van der Waals surface area contributed by atoms with E-state index in [4.69, 9.17) is 4.98 Å². The van der Waals surface area contributed by atoms with Crippen LogP contribution in [0.4, 0.5) is 0 Å². The lowest BCUT2D eigenvalue weighted by molar-refractivity contribution is -0.698. The maximum absolute atomic E-state index is 12.8. The zero-order valence-corrected chi connectivity index (χ0v) is 14.0. The number of rotatable bonds is 8. The van der Waals surface area contributed by atoms with Crippen LogP contribution in [0.2, 0.25) is 0 Å². The number of para-hydroxylation sites is 1. The van der Waals surface area contributed by atoms with Gasteiger partial charge in [0.25, 0.3) is 5.56 Å². The molecule has 0 spiro atoms. The molecule has 1 aromatic carbocycles. The van der Waals surface area contributed by atoms with Crippen molar-refractivity contribution in [3.8, 4) is 0 Å². The first-order chi connectivity index (χ1) is 10.7. The predicted molar refractivity (Wildman–Crippen MR) is 91.0 cm³/mol. The topological polar surface area (TPSA) is 51.5 Å². The molecule has 0 aliphatic heterocycles. The molecule has 2 rings (SSSR count). The molecule has 2 aromatic rings. The summed E-state index contributed by atoms with van der Waals surface area (Å²) < 4.78 is 1.89. The highest BCUT2D eigenvalue weighted by Gasteiger charge is 2.20. The second kappa shape index (κ2) is 8.08. The van der Waals surface area contributed by atoms with E-state index in [1.54, 1.807) is 0 Å². The normalized spacial score (nSPS) is 12.7. The summed E-state index contributed by atoms with van der Waals surface area (Å²) in [5.41, 5.74) is 0.919. The summed E-state index contributed by atoms with van der Waals surface area (Å²) in [6.45, 7) is 8.31. The number of hydrogen-bond donors (Lipinski definition) is 1. The quantitative estimate of drug-likeness (QED) is 0.762. The molecule has 0 radical (unpaired) electrons. The van der Waals surface area contributed by atoms with E-state index >= 15 is 0 Å². The number of quaternary nitrogens is 1. The Bertz CT molecular complexity index is 663. The van der Waals surface area contributed by atoms with E-state index in [0.717, 1.165) is 42.7 Å². The molecule has 1 aromatic heterocycles. The lowest BCUT2D eigenvalue weighted by Gasteiger charge is -2.19. The fourth-order valence-electron chi connectivity index (χ4n) is 2.89. The third-order valence-corrected chi connectivity index (χ3v) is 4.12. The van der Waals surface area contributed by atoms with Gasteiger partial charge in [-0.25, -0.2) is 4.98 Å². The second-order valence-electron chi connectivity index (χ2n) is 5.84. The van der Waals surface area contributed by atoms with Crippen LogP contribution < -0.4 is 10.9 Å². The first kappa shape index (κ1) is 16.7. The SMILES string of the molecule is CCCC[NH2+][C@@H](CC)c1nc2ccccc2c(=O)n1CCC. The zero-order valence-electron chi connectivity index (χ0n) is 14.0. The van der Waals surface area contributed by atoms with Gasteiger partial charge in [0.15, 0.2) is 5.82 Å². The number of unbranched alkanes of at least 4 members (excludes halogenated alkanes) is 1. The fourth-order valence-corrected chi connectivity index (χ4v) is 2.89. The predicted octanol–water partition coefficient (Wildman–Crippen LogP) is 2.62. The van der Waals surface area contributed by atoms with Crippen molar-refractivity contribution in [3.63, 3.8) is 0 Å². The molecule has 1 heterocycles. The maximum Gasteiger partial charge on any atom is 0.261 e. The molecule has 0 aliphatic carbocycles. The van der Waals surface area contributed by atoms with Crippen LogP contribution in [-0.4, -0.2) is 16.1 Å². The summed E-state index contributed by atoms with van der Waals surface area (Å²) in [6, 6.07) is 7.93. The summed E-state index contributed by atoms with van der Waals surface area (Å²) in [4.78, 5) is 17.6. The van der Waals surface area contributed by atoms with Gasteiger partial charge in [-0.1, -0.05) is 39.3 Å². The van der Waals surface area contributed by atoms with Crippen LogP contribution in [0.15, 0.2) is 29.1 Å². The fraction of sp³-hybridized carbons (Fsp3) is 0.556. The van der Waals surface area contributed by atoms with E-state index < -0.39 is 0 Å². The molecule has 22 heavy (non-hydrogen) atoms. The van der Waals surface area contributed by atoms with Crippen LogP contribution in [0.3, 0.4) is 0 Å². The van der Waals surface area contributed by atoms with Crippen LogP contribution in [0.25, 0.3) is 10.9 Å². The Morgan fingerprint density at radius 2 is 1.95 bits per heavy atom. The van der Waals surface area contributed by atoms with Gasteiger partial charge in [0.2, 0.25) is 0 Å². The zero-order chi connectivity index (χ0) is 15.9. The van der Waals surface area contributed by atoms with E-state index in [9.17, 15) is 4.79 Å². The third kappa shape index (κ3) is 3.55. The minimum atomic E-state index is 0.102. The van der Waals surface area contributed by atoms with E-state index in [0.29, 0.717) is 0 Å². The van der Waals surface area contributed by atoms with Gasteiger partial charge in [-0.15, -0.1) is 0 Å². The molecule has 4 nitrogen and oxygen atoms in total. The Kier molecular flexibility index (Phi) is 6.13. The van der Waals surface area contributed by atoms with Crippen molar-refractivity contribution in [2.75, 3.05) is 6.54 Å². The Morgan fingerprint density at radius 3 is 2.64 bits per heavy atom. The van der Waals surface area contributed by atoms with Gasteiger partial charge in [0, 0.05) is 13.0 Å². The number of hydrogen-bond acceptors (Lipinski definition) is 2. The van der Waals surface area contributed by atoms with Crippen molar-refractivity contribution in [3.05, 3.63) is 40.4 Å². The van der Waals surface area contributed by atoms with Crippen LogP contribution >= 0.6 is 0 Å². The van der Waals surface area contributed by atoms with Gasteiger partial charge < -0.3 is 5.32 Å². The minimum absolute atomic E-state index is 0.102. The minimum Gasteiger partial charge on any atom is -0.338 e. The van der Waals surface area contributed by atoms with Crippen LogP contribution in [0, 0.1) is 0 Å². The number of aromatic nitrogens is 2. The second-order valence-corrected chi connectivity index (χ2v) is 5.84. The van der Waals surface area contributed by atoms with Gasteiger partial charge >= 0.3 is 0 Å². The average Bonchev–Trinajstić information content (AvgIpc) is 2.54. The molecular formula is C18H28N3O+. The van der Waals surface area contributed by atoms with Crippen molar-refractivity contribution in [1.82, 2.24) is 9.55 Å². The van der Waals surface area contributed by atoms with Gasteiger partial charge in [-0.05, 0) is 25.0 Å². The molecule has 0 saturated heterocycles. The summed E-state index contributed by atoms with van der Waals surface area (Å²) in [5.74, 6) is 0.934. The number of benzene rings is 1. The number of nitrogens with two attached hydrogens (primary N) is 1. The van der Waals surface area contributed by atoms with E-state index in [-0.39, 0.29) is 11.6 Å². The van der Waals surface area contributed by atoms with E-state index in [2.05, 4.69) is 26.1 Å². The molecule has 4 heteroatoms. The maximum atomic E-state index is 12.8.